The first-order valence-electron chi connectivity index (χ1n) is 6.32. The van der Waals surface area contributed by atoms with Gasteiger partial charge in [0.15, 0.2) is 0 Å². The summed E-state index contributed by atoms with van der Waals surface area (Å²) >= 11 is 0. The Kier molecular flexibility index (Phi) is 6.02. The number of anilines is 1. The molecule has 0 aliphatic heterocycles. The third-order valence-corrected chi connectivity index (χ3v) is 2.72. The average molecular weight is 264 g/mol. The van der Waals surface area contributed by atoms with E-state index in [0.717, 1.165) is 11.3 Å². The van der Waals surface area contributed by atoms with Gasteiger partial charge in [0.05, 0.1) is 0 Å². The summed E-state index contributed by atoms with van der Waals surface area (Å²) in [5.41, 5.74) is 1.82. The van der Waals surface area contributed by atoms with Crippen molar-refractivity contribution >= 4 is 17.6 Å². The van der Waals surface area contributed by atoms with E-state index in [1.807, 2.05) is 31.2 Å². The number of benzene rings is 1. The molecule has 0 aliphatic carbocycles. The quantitative estimate of drug-likeness (QED) is 0.659. The summed E-state index contributed by atoms with van der Waals surface area (Å²) < 4.78 is 0. The van der Waals surface area contributed by atoms with Gasteiger partial charge in [-0.05, 0) is 37.6 Å². The van der Waals surface area contributed by atoms with Gasteiger partial charge in [0.1, 0.15) is 0 Å². The molecule has 1 atom stereocenters. The third kappa shape index (κ3) is 6.01. The van der Waals surface area contributed by atoms with E-state index >= 15 is 0 Å². The van der Waals surface area contributed by atoms with Crippen LogP contribution in [0.25, 0.3) is 0 Å². The number of carbonyl (C=O) groups excluding carboxylic acids is 1. The fourth-order valence-corrected chi connectivity index (χ4v) is 1.77. The highest BCUT2D eigenvalue weighted by Gasteiger charge is 2.06. The monoisotopic (exact) mass is 264 g/mol. The van der Waals surface area contributed by atoms with Gasteiger partial charge in [-0.2, -0.15) is 0 Å². The lowest BCUT2D eigenvalue weighted by molar-refractivity contribution is -0.137. The molecule has 0 spiro atoms. The molecular formula is C14H20N2O3. The molecule has 1 aromatic rings. The van der Waals surface area contributed by atoms with Crippen molar-refractivity contribution in [3.63, 3.8) is 0 Å². The molecule has 0 fully saturated rings. The van der Waals surface area contributed by atoms with E-state index in [-0.39, 0.29) is 18.4 Å². The third-order valence-electron chi connectivity index (χ3n) is 2.72. The van der Waals surface area contributed by atoms with Crippen LogP contribution in [0.15, 0.2) is 24.3 Å². The maximum atomic E-state index is 11.0. The van der Waals surface area contributed by atoms with Crippen LogP contribution in [0.3, 0.4) is 0 Å². The maximum Gasteiger partial charge on any atom is 0.303 e. The summed E-state index contributed by atoms with van der Waals surface area (Å²) in [7, 11) is 0. The average Bonchev–Trinajstić information content (AvgIpc) is 2.33. The van der Waals surface area contributed by atoms with E-state index in [4.69, 9.17) is 5.11 Å². The largest absolute Gasteiger partial charge is 0.481 e. The second-order valence-corrected chi connectivity index (χ2v) is 4.48. The van der Waals surface area contributed by atoms with Crippen molar-refractivity contribution in [3.8, 4) is 0 Å². The predicted molar refractivity (Wildman–Crippen MR) is 74.0 cm³/mol. The number of carboxylic acids is 1. The Balaban J connectivity index is 2.49. The van der Waals surface area contributed by atoms with Crippen molar-refractivity contribution in [3.05, 3.63) is 29.8 Å². The fraction of sp³-hybridized carbons (Fsp3) is 0.429. The van der Waals surface area contributed by atoms with E-state index in [1.165, 1.54) is 6.92 Å². The van der Waals surface area contributed by atoms with Crippen LogP contribution in [0.4, 0.5) is 5.69 Å². The first-order chi connectivity index (χ1) is 8.99. The van der Waals surface area contributed by atoms with Gasteiger partial charge in [-0.1, -0.05) is 12.1 Å². The molecule has 0 aliphatic rings. The van der Waals surface area contributed by atoms with Crippen LogP contribution >= 0.6 is 0 Å². The van der Waals surface area contributed by atoms with Crippen molar-refractivity contribution in [2.24, 2.45) is 0 Å². The SMILES string of the molecule is CC(=O)Nc1cccc(C(C)NCCCC(=O)O)c1. The molecule has 0 heterocycles. The van der Waals surface area contributed by atoms with Gasteiger partial charge in [-0.15, -0.1) is 0 Å². The van der Waals surface area contributed by atoms with Crippen LogP contribution in [0, 0.1) is 0 Å². The standard InChI is InChI=1S/C14H20N2O3/c1-10(15-8-4-7-14(18)19)12-5-3-6-13(9-12)16-11(2)17/h3,5-6,9-10,15H,4,7-8H2,1-2H3,(H,16,17)(H,18,19). The summed E-state index contributed by atoms with van der Waals surface area (Å²) in [6.07, 6.45) is 0.775. The van der Waals surface area contributed by atoms with Crippen LogP contribution < -0.4 is 10.6 Å². The summed E-state index contributed by atoms with van der Waals surface area (Å²) in [5, 5.41) is 14.5. The van der Waals surface area contributed by atoms with Gasteiger partial charge in [0.2, 0.25) is 5.91 Å². The number of hydrogen-bond acceptors (Lipinski definition) is 3. The maximum absolute atomic E-state index is 11.0. The van der Waals surface area contributed by atoms with Crippen LogP contribution in [-0.2, 0) is 9.59 Å². The van der Waals surface area contributed by atoms with Gasteiger partial charge in [-0.3, -0.25) is 9.59 Å². The van der Waals surface area contributed by atoms with Gasteiger partial charge in [-0.25, -0.2) is 0 Å². The van der Waals surface area contributed by atoms with Crippen molar-refractivity contribution < 1.29 is 14.7 Å². The number of carboxylic acid groups (broad SMARTS) is 1. The van der Waals surface area contributed by atoms with Crippen molar-refractivity contribution in [1.82, 2.24) is 5.32 Å². The number of amides is 1. The zero-order valence-electron chi connectivity index (χ0n) is 11.3. The molecular weight excluding hydrogens is 244 g/mol. The lowest BCUT2D eigenvalue weighted by atomic mass is 10.1. The topological polar surface area (TPSA) is 78.4 Å². The highest BCUT2D eigenvalue weighted by molar-refractivity contribution is 5.88. The Morgan fingerprint density at radius 1 is 1.37 bits per heavy atom. The molecule has 1 unspecified atom stereocenters. The minimum absolute atomic E-state index is 0.0979. The molecule has 0 bridgehead atoms. The zero-order valence-corrected chi connectivity index (χ0v) is 11.3. The summed E-state index contributed by atoms with van der Waals surface area (Å²) in [6.45, 7) is 4.13. The van der Waals surface area contributed by atoms with Gasteiger partial charge in [0, 0.05) is 25.1 Å². The Labute approximate surface area is 113 Å². The van der Waals surface area contributed by atoms with Gasteiger partial charge >= 0.3 is 5.97 Å². The first kappa shape index (κ1) is 15.2. The van der Waals surface area contributed by atoms with E-state index in [2.05, 4.69) is 10.6 Å². The second-order valence-electron chi connectivity index (χ2n) is 4.48. The van der Waals surface area contributed by atoms with E-state index in [1.54, 1.807) is 0 Å². The van der Waals surface area contributed by atoms with Gasteiger partial charge in [0.25, 0.3) is 0 Å². The lowest BCUT2D eigenvalue weighted by Gasteiger charge is -2.15. The fourth-order valence-electron chi connectivity index (χ4n) is 1.77. The highest BCUT2D eigenvalue weighted by Crippen LogP contribution is 2.17. The minimum Gasteiger partial charge on any atom is -0.481 e. The molecule has 104 valence electrons. The van der Waals surface area contributed by atoms with Crippen molar-refractivity contribution in [2.75, 3.05) is 11.9 Å². The Hall–Kier alpha value is -1.88. The molecule has 1 rings (SSSR count). The van der Waals surface area contributed by atoms with Crippen LogP contribution in [0.1, 0.15) is 38.3 Å². The number of hydrogen-bond donors (Lipinski definition) is 3. The molecule has 1 amide bonds. The highest BCUT2D eigenvalue weighted by atomic mass is 16.4. The van der Waals surface area contributed by atoms with E-state index in [9.17, 15) is 9.59 Å². The Morgan fingerprint density at radius 3 is 2.74 bits per heavy atom. The molecule has 19 heavy (non-hydrogen) atoms. The summed E-state index contributed by atoms with van der Waals surface area (Å²) in [4.78, 5) is 21.4. The lowest BCUT2D eigenvalue weighted by Crippen LogP contribution is -2.20. The molecule has 0 saturated heterocycles. The van der Waals surface area contributed by atoms with Crippen LogP contribution in [-0.4, -0.2) is 23.5 Å². The molecule has 5 heteroatoms. The zero-order chi connectivity index (χ0) is 14.3. The summed E-state index contributed by atoms with van der Waals surface area (Å²) in [5.74, 6) is -0.874. The normalized spacial score (nSPS) is 11.9. The summed E-state index contributed by atoms with van der Waals surface area (Å²) in [6, 6.07) is 7.72. The van der Waals surface area contributed by atoms with E-state index in [0.29, 0.717) is 13.0 Å². The molecule has 0 aromatic heterocycles. The Morgan fingerprint density at radius 2 is 2.11 bits per heavy atom. The Bertz CT molecular complexity index is 446. The molecule has 3 N–H and O–H groups in total. The molecule has 0 radical (unpaired) electrons. The van der Waals surface area contributed by atoms with Crippen LogP contribution in [0.2, 0.25) is 0 Å². The molecule has 5 nitrogen and oxygen atoms in total. The predicted octanol–water partition coefficient (Wildman–Crippen LogP) is 2.16. The smallest absolute Gasteiger partial charge is 0.303 e. The van der Waals surface area contributed by atoms with E-state index < -0.39 is 5.97 Å². The van der Waals surface area contributed by atoms with Crippen molar-refractivity contribution in [2.45, 2.75) is 32.7 Å². The number of aliphatic carboxylic acids is 1. The van der Waals surface area contributed by atoms with Gasteiger partial charge < -0.3 is 15.7 Å². The second kappa shape index (κ2) is 7.53. The van der Waals surface area contributed by atoms with Crippen LogP contribution in [0.5, 0.6) is 0 Å². The number of nitrogens with one attached hydrogen (secondary N) is 2. The molecule has 0 saturated carbocycles. The number of carbonyl (C=O) groups is 2. The van der Waals surface area contributed by atoms with Crippen molar-refractivity contribution in [1.29, 1.82) is 0 Å². The number of rotatable bonds is 7. The first-order valence-corrected chi connectivity index (χ1v) is 6.32. The minimum atomic E-state index is -0.776. The molecule has 1 aromatic carbocycles.